The van der Waals surface area contributed by atoms with E-state index in [1.807, 2.05) is 36.2 Å². The van der Waals surface area contributed by atoms with Gasteiger partial charge in [0.25, 0.3) is 5.56 Å². The van der Waals surface area contributed by atoms with Gasteiger partial charge in [-0.3, -0.25) is 14.8 Å². The van der Waals surface area contributed by atoms with E-state index in [4.69, 9.17) is 0 Å². The molecule has 0 aliphatic heterocycles. The number of aryl methyl sites for hydroxylation is 1. The van der Waals surface area contributed by atoms with E-state index in [0.717, 1.165) is 17.3 Å². The molecule has 1 aromatic carbocycles. The Morgan fingerprint density at radius 3 is 2.71 bits per heavy atom. The SMILES string of the molecule is Cc1cccc(CNS(=O)(=O)c2cnc3[nH]c(=O)[nH]c(=O)c3c2)c1. The molecule has 0 aliphatic rings. The first-order valence-corrected chi connectivity index (χ1v) is 8.51. The summed E-state index contributed by atoms with van der Waals surface area (Å²) in [5.41, 5.74) is 0.468. The van der Waals surface area contributed by atoms with Gasteiger partial charge in [0.05, 0.1) is 5.39 Å². The monoisotopic (exact) mass is 346 g/mol. The van der Waals surface area contributed by atoms with Gasteiger partial charge in [-0.2, -0.15) is 0 Å². The van der Waals surface area contributed by atoms with Gasteiger partial charge in [-0.15, -0.1) is 0 Å². The van der Waals surface area contributed by atoms with Gasteiger partial charge in [0.15, 0.2) is 0 Å². The molecule has 0 bridgehead atoms. The highest BCUT2D eigenvalue weighted by molar-refractivity contribution is 7.89. The number of fused-ring (bicyclic) bond motifs is 1. The molecule has 9 heteroatoms. The maximum absolute atomic E-state index is 12.4. The number of sulfonamides is 1. The number of nitrogens with one attached hydrogen (secondary N) is 3. The van der Waals surface area contributed by atoms with Crippen molar-refractivity contribution in [2.45, 2.75) is 18.4 Å². The number of benzene rings is 1. The van der Waals surface area contributed by atoms with Crippen molar-refractivity contribution in [1.82, 2.24) is 19.7 Å². The molecule has 8 nitrogen and oxygen atoms in total. The molecular weight excluding hydrogens is 332 g/mol. The summed E-state index contributed by atoms with van der Waals surface area (Å²) < 4.78 is 27.2. The third-order valence-corrected chi connectivity index (χ3v) is 4.79. The van der Waals surface area contributed by atoms with Crippen LogP contribution < -0.4 is 16.0 Å². The first-order valence-electron chi connectivity index (χ1n) is 7.03. The van der Waals surface area contributed by atoms with Gasteiger partial charge in [-0.25, -0.2) is 22.9 Å². The van der Waals surface area contributed by atoms with Crippen LogP contribution in [0.5, 0.6) is 0 Å². The van der Waals surface area contributed by atoms with Crippen molar-refractivity contribution in [2.75, 3.05) is 0 Å². The summed E-state index contributed by atoms with van der Waals surface area (Å²) in [5.74, 6) is 0. The van der Waals surface area contributed by atoms with E-state index in [0.29, 0.717) is 0 Å². The Kier molecular flexibility index (Phi) is 4.04. The minimum atomic E-state index is -3.85. The maximum atomic E-state index is 12.4. The fraction of sp³-hybridized carbons (Fsp3) is 0.133. The van der Waals surface area contributed by atoms with E-state index in [1.165, 1.54) is 6.07 Å². The number of hydrogen-bond acceptors (Lipinski definition) is 5. The predicted molar refractivity (Wildman–Crippen MR) is 88.2 cm³/mol. The zero-order valence-corrected chi connectivity index (χ0v) is 13.5. The lowest BCUT2D eigenvalue weighted by Gasteiger charge is -2.07. The summed E-state index contributed by atoms with van der Waals surface area (Å²) in [6, 6.07) is 8.61. The van der Waals surface area contributed by atoms with Gasteiger partial charge in [-0.05, 0) is 18.6 Å². The zero-order chi connectivity index (χ0) is 17.3. The number of aromatic amines is 2. The van der Waals surface area contributed by atoms with Crippen molar-refractivity contribution in [3.05, 3.63) is 68.5 Å². The van der Waals surface area contributed by atoms with Gasteiger partial charge < -0.3 is 0 Å². The minimum absolute atomic E-state index is 0.00645. The Morgan fingerprint density at radius 1 is 1.17 bits per heavy atom. The van der Waals surface area contributed by atoms with Crippen LogP contribution in [0.4, 0.5) is 0 Å². The summed E-state index contributed by atoms with van der Waals surface area (Å²) in [5, 5.41) is -0.00645. The minimum Gasteiger partial charge on any atom is -0.291 e. The van der Waals surface area contributed by atoms with Crippen LogP contribution in [-0.4, -0.2) is 23.4 Å². The lowest BCUT2D eigenvalue weighted by molar-refractivity contribution is 0.581. The Morgan fingerprint density at radius 2 is 1.96 bits per heavy atom. The zero-order valence-electron chi connectivity index (χ0n) is 12.7. The normalized spacial score (nSPS) is 11.7. The Labute approximate surface area is 136 Å². The second kappa shape index (κ2) is 6.02. The third kappa shape index (κ3) is 3.26. The van der Waals surface area contributed by atoms with Crippen molar-refractivity contribution in [1.29, 1.82) is 0 Å². The van der Waals surface area contributed by atoms with Crippen LogP contribution >= 0.6 is 0 Å². The maximum Gasteiger partial charge on any atom is 0.327 e. The molecule has 0 amide bonds. The molecule has 0 saturated carbocycles. The Balaban J connectivity index is 1.93. The van der Waals surface area contributed by atoms with Crippen molar-refractivity contribution >= 4 is 21.1 Å². The number of hydrogen-bond donors (Lipinski definition) is 3. The largest absolute Gasteiger partial charge is 0.327 e. The lowest BCUT2D eigenvalue weighted by Crippen LogP contribution is -2.25. The van der Waals surface area contributed by atoms with E-state index in [1.54, 1.807) is 0 Å². The van der Waals surface area contributed by atoms with Crippen LogP contribution in [0.3, 0.4) is 0 Å². The van der Waals surface area contributed by atoms with E-state index in [9.17, 15) is 18.0 Å². The van der Waals surface area contributed by atoms with Gasteiger partial charge in [0, 0.05) is 12.7 Å². The molecule has 0 spiro atoms. The molecule has 0 unspecified atom stereocenters. The van der Waals surface area contributed by atoms with Gasteiger partial charge >= 0.3 is 5.69 Å². The van der Waals surface area contributed by atoms with Crippen molar-refractivity contribution in [2.24, 2.45) is 0 Å². The number of nitrogens with zero attached hydrogens (tertiary/aromatic N) is 1. The van der Waals surface area contributed by atoms with Crippen molar-refractivity contribution in [3.63, 3.8) is 0 Å². The third-order valence-electron chi connectivity index (χ3n) is 3.43. The average Bonchev–Trinajstić information content (AvgIpc) is 2.52. The Hall–Kier alpha value is -2.78. The van der Waals surface area contributed by atoms with Gasteiger partial charge in [0.2, 0.25) is 10.0 Å². The molecule has 3 N–H and O–H groups in total. The standard InChI is InChI=1S/C15H14N4O4S/c1-9-3-2-4-10(5-9)7-17-24(22,23)11-6-12-13(16-8-11)18-15(21)19-14(12)20/h2-6,8,17H,7H2,1H3,(H2,16,18,19,20,21). The smallest absolute Gasteiger partial charge is 0.291 e. The topological polar surface area (TPSA) is 125 Å². The van der Waals surface area contributed by atoms with E-state index in [-0.39, 0.29) is 22.5 Å². The molecular formula is C15H14N4O4S. The number of H-pyrrole nitrogens is 2. The molecule has 2 heterocycles. The first-order chi connectivity index (χ1) is 11.3. The molecule has 0 aliphatic carbocycles. The molecule has 3 rings (SSSR count). The predicted octanol–water partition coefficient (Wildman–Crippen LogP) is 0.398. The van der Waals surface area contributed by atoms with E-state index < -0.39 is 21.3 Å². The van der Waals surface area contributed by atoms with Crippen LogP contribution in [-0.2, 0) is 16.6 Å². The van der Waals surface area contributed by atoms with E-state index in [2.05, 4.69) is 14.7 Å². The quantitative estimate of drug-likeness (QED) is 0.630. The summed E-state index contributed by atoms with van der Waals surface area (Å²) in [7, 11) is -3.85. The summed E-state index contributed by atoms with van der Waals surface area (Å²) in [4.78, 5) is 31.0. The number of rotatable bonds is 4. The fourth-order valence-electron chi connectivity index (χ4n) is 2.26. The lowest BCUT2D eigenvalue weighted by atomic mass is 10.1. The van der Waals surface area contributed by atoms with Crippen molar-refractivity contribution < 1.29 is 8.42 Å². The highest BCUT2D eigenvalue weighted by Crippen LogP contribution is 2.12. The van der Waals surface area contributed by atoms with Crippen LogP contribution in [0.2, 0.25) is 0 Å². The number of aromatic nitrogens is 3. The van der Waals surface area contributed by atoms with Crippen LogP contribution in [0.1, 0.15) is 11.1 Å². The molecule has 0 atom stereocenters. The molecule has 0 fully saturated rings. The summed E-state index contributed by atoms with van der Waals surface area (Å²) in [6.07, 6.45) is 1.09. The van der Waals surface area contributed by atoms with Gasteiger partial charge in [0.1, 0.15) is 10.5 Å². The Bertz CT molecular complexity index is 1130. The first kappa shape index (κ1) is 16.1. The summed E-state index contributed by atoms with van der Waals surface area (Å²) >= 11 is 0. The molecule has 0 saturated heterocycles. The second-order valence-electron chi connectivity index (χ2n) is 5.29. The highest BCUT2D eigenvalue weighted by Gasteiger charge is 2.16. The molecule has 3 aromatic rings. The molecule has 24 heavy (non-hydrogen) atoms. The van der Waals surface area contributed by atoms with Crippen molar-refractivity contribution in [3.8, 4) is 0 Å². The molecule has 2 aromatic heterocycles. The van der Waals surface area contributed by atoms with Crippen LogP contribution in [0.25, 0.3) is 11.0 Å². The second-order valence-corrected chi connectivity index (χ2v) is 7.06. The van der Waals surface area contributed by atoms with Crippen LogP contribution in [0, 0.1) is 6.92 Å². The molecule has 124 valence electrons. The van der Waals surface area contributed by atoms with Crippen LogP contribution in [0.15, 0.2) is 51.0 Å². The highest BCUT2D eigenvalue weighted by atomic mass is 32.2. The number of pyridine rings is 1. The van der Waals surface area contributed by atoms with E-state index >= 15 is 0 Å². The molecule has 0 radical (unpaired) electrons. The average molecular weight is 346 g/mol. The van der Waals surface area contributed by atoms with Gasteiger partial charge in [-0.1, -0.05) is 29.8 Å². The fourth-order valence-corrected chi connectivity index (χ4v) is 3.25. The summed E-state index contributed by atoms with van der Waals surface area (Å²) in [6.45, 7) is 2.03.